The Morgan fingerprint density at radius 2 is 2.06 bits per heavy atom. The van der Waals surface area contributed by atoms with Gasteiger partial charge in [0.25, 0.3) is 0 Å². The summed E-state index contributed by atoms with van der Waals surface area (Å²) >= 11 is 5.88. The van der Waals surface area contributed by atoms with Gasteiger partial charge in [-0.1, -0.05) is 18.5 Å². The summed E-state index contributed by atoms with van der Waals surface area (Å²) in [7, 11) is 0. The predicted molar refractivity (Wildman–Crippen MR) is 66.5 cm³/mol. The summed E-state index contributed by atoms with van der Waals surface area (Å²) in [6.07, 6.45) is 0.633. The van der Waals surface area contributed by atoms with Crippen LogP contribution in [-0.4, -0.2) is 9.97 Å². The number of aromatic nitrogens is 2. The molecule has 0 spiro atoms. The van der Waals surface area contributed by atoms with Gasteiger partial charge >= 0.3 is 0 Å². The lowest BCUT2D eigenvalue weighted by molar-refractivity contribution is 0.627. The maximum atomic E-state index is 13.4. The topological polar surface area (TPSA) is 49.6 Å². The molecule has 2 aromatic rings. The molecule has 0 radical (unpaired) electrons. The van der Waals surface area contributed by atoms with E-state index in [0.717, 1.165) is 0 Å². The molecule has 0 bridgehead atoms. The number of nitrogens with zero attached hydrogens (tertiary/aromatic N) is 3. The Kier molecular flexibility index (Phi) is 3.54. The second-order valence-electron chi connectivity index (χ2n) is 3.69. The zero-order valence-electron chi connectivity index (χ0n) is 9.61. The van der Waals surface area contributed by atoms with E-state index in [1.165, 1.54) is 12.1 Å². The van der Waals surface area contributed by atoms with Gasteiger partial charge in [0.05, 0.1) is 17.3 Å². The van der Waals surface area contributed by atoms with Crippen molar-refractivity contribution in [1.29, 1.82) is 5.26 Å². The lowest BCUT2D eigenvalue weighted by atomic mass is 10.1. The quantitative estimate of drug-likeness (QED) is 0.779. The average molecular weight is 262 g/mol. The van der Waals surface area contributed by atoms with Gasteiger partial charge in [-0.25, -0.2) is 14.4 Å². The number of rotatable bonds is 2. The number of hydrogen-bond acceptors (Lipinski definition) is 3. The van der Waals surface area contributed by atoms with Crippen LogP contribution in [-0.2, 0) is 6.42 Å². The molecule has 0 N–H and O–H groups in total. The first-order chi connectivity index (χ1) is 8.62. The molecule has 0 atom stereocenters. The molecule has 3 nitrogen and oxygen atoms in total. The highest BCUT2D eigenvalue weighted by molar-refractivity contribution is 6.29. The molecule has 0 fully saturated rings. The summed E-state index contributed by atoms with van der Waals surface area (Å²) in [5.41, 5.74) is 1.28. The van der Waals surface area contributed by atoms with Gasteiger partial charge in [-0.2, -0.15) is 5.26 Å². The molecule has 0 unspecified atom stereocenters. The molecular weight excluding hydrogens is 253 g/mol. The van der Waals surface area contributed by atoms with Crippen LogP contribution < -0.4 is 0 Å². The first kappa shape index (κ1) is 12.5. The molecule has 1 aromatic carbocycles. The van der Waals surface area contributed by atoms with Gasteiger partial charge in [-0.3, -0.25) is 0 Å². The Morgan fingerprint density at radius 1 is 1.28 bits per heavy atom. The van der Waals surface area contributed by atoms with E-state index >= 15 is 0 Å². The van der Waals surface area contributed by atoms with Crippen LogP contribution >= 0.6 is 11.6 Å². The van der Waals surface area contributed by atoms with Crippen LogP contribution in [0.4, 0.5) is 4.39 Å². The van der Waals surface area contributed by atoms with E-state index < -0.39 is 5.82 Å². The molecular formula is C13H9ClFN3. The molecule has 0 aliphatic heterocycles. The van der Waals surface area contributed by atoms with Crippen molar-refractivity contribution < 1.29 is 4.39 Å². The van der Waals surface area contributed by atoms with Crippen molar-refractivity contribution in [1.82, 2.24) is 9.97 Å². The smallest absolute Gasteiger partial charge is 0.133 e. The van der Waals surface area contributed by atoms with E-state index in [1.54, 1.807) is 12.1 Å². The van der Waals surface area contributed by atoms with Crippen molar-refractivity contribution in [3.05, 3.63) is 46.6 Å². The maximum Gasteiger partial charge on any atom is 0.133 e. The molecule has 0 saturated heterocycles. The summed E-state index contributed by atoms with van der Waals surface area (Å²) in [5, 5.41) is 9.12. The van der Waals surface area contributed by atoms with Crippen LogP contribution in [0.15, 0.2) is 24.3 Å². The molecule has 2 rings (SSSR count). The first-order valence-electron chi connectivity index (χ1n) is 5.37. The number of hydrogen-bond donors (Lipinski definition) is 0. The summed E-state index contributed by atoms with van der Waals surface area (Å²) in [6.45, 7) is 1.90. The Morgan fingerprint density at radius 3 is 2.72 bits per heavy atom. The second kappa shape index (κ2) is 5.11. The van der Waals surface area contributed by atoms with Gasteiger partial charge in [-0.15, -0.1) is 0 Å². The monoisotopic (exact) mass is 261 g/mol. The Balaban J connectivity index is 2.58. The lowest BCUT2D eigenvalue weighted by Crippen LogP contribution is -1.96. The van der Waals surface area contributed by atoms with Crippen LogP contribution in [0.5, 0.6) is 0 Å². The Labute approximate surface area is 109 Å². The minimum atomic E-state index is -0.475. The minimum absolute atomic E-state index is 0.248. The van der Waals surface area contributed by atoms with E-state index in [1.807, 2.05) is 13.0 Å². The molecule has 1 heterocycles. The van der Waals surface area contributed by atoms with Crippen molar-refractivity contribution in [2.24, 2.45) is 0 Å². The van der Waals surface area contributed by atoms with Gasteiger partial charge in [0.15, 0.2) is 0 Å². The van der Waals surface area contributed by atoms with E-state index in [4.69, 9.17) is 16.9 Å². The molecule has 18 heavy (non-hydrogen) atoms. The largest absolute Gasteiger partial charge is 0.233 e. The summed E-state index contributed by atoms with van der Waals surface area (Å²) in [4.78, 5) is 8.31. The zero-order chi connectivity index (χ0) is 13.1. The second-order valence-corrected chi connectivity index (χ2v) is 4.07. The fraction of sp³-hybridized carbons (Fsp3) is 0.154. The van der Waals surface area contributed by atoms with Crippen molar-refractivity contribution in [3.8, 4) is 17.3 Å². The van der Waals surface area contributed by atoms with E-state index in [2.05, 4.69) is 9.97 Å². The maximum absolute atomic E-state index is 13.4. The fourth-order valence-electron chi connectivity index (χ4n) is 1.57. The number of halogens is 2. The van der Waals surface area contributed by atoms with Crippen LogP contribution in [0, 0.1) is 17.1 Å². The zero-order valence-corrected chi connectivity index (χ0v) is 10.4. The van der Waals surface area contributed by atoms with Crippen molar-refractivity contribution in [3.63, 3.8) is 0 Å². The van der Waals surface area contributed by atoms with E-state index in [-0.39, 0.29) is 5.56 Å². The molecule has 0 aliphatic carbocycles. The van der Waals surface area contributed by atoms with E-state index in [9.17, 15) is 4.39 Å². The van der Waals surface area contributed by atoms with Crippen LogP contribution in [0.1, 0.15) is 18.3 Å². The van der Waals surface area contributed by atoms with Gasteiger partial charge in [0, 0.05) is 18.1 Å². The fourth-order valence-corrected chi connectivity index (χ4v) is 1.77. The summed E-state index contributed by atoms with van der Waals surface area (Å²) < 4.78 is 13.4. The Hall–Kier alpha value is -1.99. The number of nitriles is 1. The summed E-state index contributed by atoms with van der Waals surface area (Å²) in [6, 6.07) is 7.52. The minimum Gasteiger partial charge on any atom is -0.233 e. The third kappa shape index (κ3) is 2.63. The number of benzene rings is 1. The number of aryl methyl sites for hydroxylation is 1. The molecule has 90 valence electrons. The van der Waals surface area contributed by atoms with Crippen LogP contribution in [0.3, 0.4) is 0 Å². The molecule has 5 heteroatoms. The highest BCUT2D eigenvalue weighted by Crippen LogP contribution is 2.22. The summed E-state index contributed by atoms with van der Waals surface area (Å²) in [5.74, 6) is 0.108. The Bertz CT molecular complexity index is 635. The highest BCUT2D eigenvalue weighted by atomic mass is 35.5. The molecule has 0 saturated carbocycles. The predicted octanol–water partition coefficient (Wildman–Crippen LogP) is 3.37. The van der Waals surface area contributed by atoms with Crippen LogP contribution in [0.2, 0.25) is 5.15 Å². The standard InChI is InChI=1S/C13H9ClFN3/c1-2-13-17-11(6-12(14)18-13)9-3-8(7-16)4-10(15)5-9/h3-6H,2H2,1H3. The van der Waals surface area contributed by atoms with Gasteiger partial charge < -0.3 is 0 Å². The van der Waals surface area contributed by atoms with Gasteiger partial charge in [0.1, 0.15) is 16.8 Å². The average Bonchev–Trinajstić information content (AvgIpc) is 2.37. The van der Waals surface area contributed by atoms with Gasteiger partial charge in [0.2, 0.25) is 0 Å². The van der Waals surface area contributed by atoms with Crippen LogP contribution in [0.25, 0.3) is 11.3 Å². The normalized spacial score (nSPS) is 10.1. The SMILES string of the molecule is CCc1nc(Cl)cc(-c2cc(F)cc(C#N)c2)n1. The van der Waals surface area contributed by atoms with Crippen molar-refractivity contribution in [2.45, 2.75) is 13.3 Å². The molecule has 0 aliphatic rings. The first-order valence-corrected chi connectivity index (χ1v) is 5.74. The van der Waals surface area contributed by atoms with E-state index in [0.29, 0.717) is 28.7 Å². The molecule has 0 amide bonds. The third-order valence-corrected chi connectivity index (χ3v) is 2.57. The van der Waals surface area contributed by atoms with Crippen molar-refractivity contribution in [2.75, 3.05) is 0 Å². The third-order valence-electron chi connectivity index (χ3n) is 2.38. The lowest BCUT2D eigenvalue weighted by Gasteiger charge is -2.04. The highest BCUT2D eigenvalue weighted by Gasteiger charge is 2.07. The van der Waals surface area contributed by atoms with Gasteiger partial charge in [-0.05, 0) is 18.2 Å². The molecule has 1 aromatic heterocycles. The van der Waals surface area contributed by atoms with Crippen molar-refractivity contribution >= 4 is 11.6 Å².